The van der Waals surface area contributed by atoms with Gasteiger partial charge >= 0.3 is 5.97 Å². The Hall–Kier alpha value is -1.84. The molecule has 108 valence electrons. The van der Waals surface area contributed by atoms with Gasteiger partial charge in [0.2, 0.25) is 0 Å². The summed E-state index contributed by atoms with van der Waals surface area (Å²) in [5.74, 6) is 1.24. The van der Waals surface area contributed by atoms with Gasteiger partial charge < -0.3 is 9.30 Å². The average Bonchev–Trinajstić information content (AvgIpc) is 2.77. The molecule has 0 saturated carbocycles. The van der Waals surface area contributed by atoms with Gasteiger partial charge in [-0.1, -0.05) is 32.9 Å². The van der Waals surface area contributed by atoms with Gasteiger partial charge in [-0.15, -0.1) is 0 Å². The molecule has 4 heteroatoms. The minimum Gasteiger partial charge on any atom is -0.467 e. The molecular formula is C16H22N2O2. The number of para-hydroxylation sites is 2. The maximum Gasteiger partial charge on any atom is 0.328 e. The highest BCUT2D eigenvalue weighted by Gasteiger charge is 2.24. The Bertz CT molecular complexity index is 602. The van der Waals surface area contributed by atoms with E-state index in [0.717, 1.165) is 23.3 Å². The lowest BCUT2D eigenvalue weighted by molar-refractivity contribution is -0.144. The molecule has 0 saturated heterocycles. The molecule has 0 radical (unpaired) electrons. The summed E-state index contributed by atoms with van der Waals surface area (Å²) in [5, 5.41) is 0. The molecule has 1 aromatic carbocycles. The Morgan fingerprint density at radius 1 is 1.35 bits per heavy atom. The van der Waals surface area contributed by atoms with Crippen molar-refractivity contribution in [3.05, 3.63) is 30.1 Å². The molecular weight excluding hydrogens is 252 g/mol. The number of aromatic nitrogens is 2. The molecule has 0 aliphatic heterocycles. The topological polar surface area (TPSA) is 44.1 Å². The van der Waals surface area contributed by atoms with Crippen LogP contribution < -0.4 is 0 Å². The van der Waals surface area contributed by atoms with Crippen molar-refractivity contribution in [3.63, 3.8) is 0 Å². The third-order valence-corrected chi connectivity index (χ3v) is 3.43. The number of nitrogens with zero attached hydrogens (tertiary/aromatic N) is 2. The lowest BCUT2D eigenvalue weighted by atomic mass is 10.1. The van der Waals surface area contributed by atoms with Crippen LogP contribution in [0.1, 0.15) is 39.1 Å². The van der Waals surface area contributed by atoms with E-state index in [9.17, 15) is 4.79 Å². The van der Waals surface area contributed by atoms with Crippen molar-refractivity contribution >= 4 is 17.0 Å². The molecule has 0 spiro atoms. The number of esters is 1. The molecule has 0 amide bonds. The molecule has 4 nitrogen and oxygen atoms in total. The molecule has 2 rings (SSSR count). The molecule has 0 N–H and O–H groups in total. The number of methoxy groups -OCH3 is 1. The van der Waals surface area contributed by atoms with Crippen LogP contribution in [-0.4, -0.2) is 22.6 Å². The minimum absolute atomic E-state index is 0.208. The number of hydrogen-bond acceptors (Lipinski definition) is 3. The molecule has 0 aliphatic carbocycles. The van der Waals surface area contributed by atoms with E-state index in [2.05, 4.69) is 13.8 Å². The third-order valence-electron chi connectivity index (χ3n) is 3.43. The SMILES string of the molecule is CCC(C(=O)OC)n1c(CC(C)C)nc2ccccc21. The molecule has 2 aromatic rings. The number of benzene rings is 1. The van der Waals surface area contributed by atoms with Gasteiger partial charge in [0, 0.05) is 6.42 Å². The van der Waals surface area contributed by atoms with Gasteiger partial charge in [-0.2, -0.15) is 0 Å². The van der Waals surface area contributed by atoms with Crippen LogP contribution in [0.15, 0.2) is 24.3 Å². The van der Waals surface area contributed by atoms with Crippen LogP contribution in [0.25, 0.3) is 11.0 Å². The smallest absolute Gasteiger partial charge is 0.328 e. The Morgan fingerprint density at radius 2 is 2.05 bits per heavy atom. The van der Waals surface area contributed by atoms with Gasteiger partial charge in [0.05, 0.1) is 18.1 Å². The molecule has 0 aliphatic rings. The first-order valence-electron chi connectivity index (χ1n) is 7.12. The zero-order chi connectivity index (χ0) is 14.7. The number of carbonyl (C=O) groups excluding carboxylic acids is 1. The predicted octanol–water partition coefficient (Wildman–Crippen LogP) is 3.36. The van der Waals surface area contributed by atoms with E-state index in [1.165, 1.54) is 7.11 Å². The van der Waals surface area contributed by atoms with Gasteiger partial charge in [-0.3, -0.25) is 0 Å². The van der Waals surface area contributed by atoms with Gasteiger partial charge in [0.1, 0.15) is 11.9 Å². The number of carbonyl (C=O) groups is 1. The van der Waals surface area contributed by atoms with Crippen LogP contribution >= 0.6 is 0 Å². The Labute approximate surface area is 119 Å². The first-order chi connectivity index (χ1) is 9.58. The van der Waals surface area contributed by atoms with Crippen LogP contribution in [0.2, 0.25) is 0 Å². The fourth-order valence-electron chi connectivity index (χ4n) is 2.54. The van der Waals surface area contributed by atoms with Crippen LogP contribution in [-0.2, 0) is 16.0 Å². The maximum absolute atomic E-state index is 12.1. The van der Waals surface area contributed by atoms with Crippen molar-refractivity contribution in [2.45, 2.75) is 39.7 Å². The summed E-state index contributed by atoms with van der Waals surface area (Å²) < 4.78 is 6.99. The number of ether oxygens (including phenoxy) is 1. The number of imidazole rings is 1. The van der Waals surface area contributed by atoms with Crippen LogP contribution in [0, 0.1) is 5.92 Å². The van der Waals surface area contributed by atoms with Crippen molar-refractivity contribution < 1.29 is 9.53 Å². The second-order valence-electron chi connectivity index (χ2n) is 5.43. The van der Waals surface area contributed by atoms with E-state index >= 15 is 0 Å². The lowest BCUT2D eigenvalue weighted by Gasteiger charge is -2.18. The lowest BCUT2D eigenvalue weighted by Crippen LogP contribution is -2.22. The molecule has 1 unspecified atom stereocenters. The van der Waals surface area contributed by atoms with Crippen molar-refractivity contribution in [1.29, 1.82) is 0 Å². The number of hydrogen-bond donors (Lipinski definition) is 0. The number of fused-ring (bicyclic) bond motifs is 1. The quantitative estimate of drug-likeness (QED) is 0.785. The van der Waals surface area contributed by atoms with Crippen molar-refractivity contribution in [2.24, 2.45) is 5.92 Å². The van der Waals surface area contributed by atoms with Crippen LogP contribution in [0.3, 0.4) is 0 Å². The van der Waals surface area contributed by atoms with Crippen molar-refractivity contribution in [1.82, 2.24) is 9.55 Å². The number of rotatable bonds is 5. The first-order valence-corrected chi connectivity index (χ1v) is 7.12. The highest BCUT2D eigenvalue weighted by Crippen LogP contribution is 2.25. The fraction of sp³-hybridized carbons (Fsp3) is 0.500. The standard InChI is InChI=1S/C16H22N2O2/c1-5-13(16(19)20-4)18-14-9-7-6-8-12(14)17-15(18)10-11(2)3/h6-9,11,13H,5,10H2,1-4H3. The highest BCUT2D eigenvalue weighted by atomic mass is 16.5. The average molecular weight is 274 g/mol. The minimum atomic E-state index is -0.304. The zero-order valence-corrected chi connectivity index (χ0v) is 12.6. The monoisotopic (exact) mass is 274 g/mol. The highest BCUT2D eigenvalue weighted by molar-refractivity contribution is 5.81. The van der Waals surface area contributed by atoms with E-state index < -0.39 is 0 Å². The molecule has 0 bridgehead atoms. The molecule has 1 heterocycles. The molecule has 20 heavy (non-hydrogen) atoms. The second kappa shape index (κ2) is 6.07. The normalized spacial score (nSPS) is 12.8. The van der Waals surface area contributed by atoms with Gasteiger partial charge in [-0.25, -0.2) is 9.78 Å². The molecule has 1 aromatic heterocycles. The maximum atomic E-state index is 12.1. The second-order valence-corrected chi connectivity index (χ2v) is 5.43. The summed E-state index contributed by atoms with van der Waals surface area (Å²) in [7, 11) is 1.44. The van der Waals surface area contributed by atoms with E-state index in [1.54, 1.807) is 0 Å². The van der Waals surface area contributed by atoms with E-state index in [1.807, 2.05) is 35.8 Å². The van der Waals surface area contributed by atoms with Gasteiger partial charge in [-0.05, 0) is 24.5 Å². The Kier molecular flexibility index (Phi) is 4.42. The van der Waals surface area contributed by atoms with Crippen molar-refractivity contribution in [2.75, 3.05) is 7.11 Å². The summed E-state index contributed by atoms with van der Waals surface area (Å²) in [6.45, 7) is 6.31. The van der Waals surface area contributed by atoms with Crippen molar-refractivity contribution in [3.8, 4) is 0 Å². The van der Waals surface area contributed by atoms with E-state index in [0.29, 0.717) is 12.3 Å². The summed E-state index contributed by atoms with van der Waals surface area (Å²) in [5.41, 5.74) is 1.94. The summed E-state index contributed by atoms with van der Waals surface area (Å²) in [6.07, 6.45) is 1.54. The third kappa shape index (κ3) is 2.69. The predicted molar refractivity (Wildman–Crippen MR) is 79.6 cm³/mol. The van der Waals surface area contributed by atoms with Gasteiger partial charge in [0.25, 0.3) is 0 Å². The van der Waals surface area contributed by atoms with E-state index in [4.69, 9.17) is 9.72 Å². The van der Waals surface area contributed by atoms with E-state index in [-0.39, 0.29) is 12.0 Å². The Balaban J connectivity index is 2.60. The summed E-state index contributed by atoms with van der Waals surface area (Å²) in [4.78, 5) is 16.7. The van der Waals surface area contributed by atoms with Crippen LogP contribution in [0.5, 0.6) is 0 Å². The first kappa shape index (κ1) is 14.6. The fourth-order valence-corrected chi connectivity index (χ4v) is 2.54. The molecule has 1 atom stereocenters. The Morgan fingerprint density at radius 3 is 2.65 bits per heavy atom. The zero-order valence-electron chi connectivity index (χ0n) is 12.6. The molecule has 0 fully saturated rings. The largest absolute Gasteiger partial charge is 0.467 e. The summed E-state index contributed by atoms with van der Waals surface area (Å²) in [6, 6.07) is 7.64. The van der Waals surface area contributed by atoms with Gasteiger partial charge in [0.15, 0.2) is 0 Å². The summed E-state index contributed by atoms with van der Waals surface area (Å²) >= 11 is 0. The van der Waals surface area contributed by atoms with Crippen LogP contribution in [0.4, 0.5) is 0 Å².